The third-order valence-electron chi connectivity index (χ3n) is 2.43. The molecule has 0 N–H and O–H groups in total. The van der Waals surface area contributed by atoms with Crippen LogP contribution in [0.4, 0.5) is 0 Å². The fourth-order valence-corrected chi connectivity index (χ4v) is 1.56. The van der Waals surface area contributed by atoms with Gasteiger partial charge >= 0.3 is 5.97 Å². The molecule has 0 bridgehead atoms. The number of nitrogens with zero attached hydrogens (tertiary/aromatic N) is 1. The van der Waals surface area contributed by atoms with Crippen molar-refractivity contribution < 1.29 is 19.0 Å². The number of ether oxygens (including phenoxy) is 3. The highest BCUT2D eigenvalue weighted by molar-refractivity contribution is 5.88. The van der Waals surface area contributed by atoms with Crippen LogP contribution in [0.1, 0.15) is 13.8 Å². The van der Waals surface area contributed by atoms with Crippen molar-refractivity contribution in [1.29, 1.82) is 0 Å². The van der Waals surface area contributed by atoms with Gasteiger partial charge in [-0.05, 0) is 13.8 Å². The molecule has 0 amide bonds. The number of morpholine rings is 1. The maximum Gasteiger partial charge on any atom is 0.338 e. The number of rotatable bonds is 6. The van der Waals surface area contributed by atoms with Crippen LogP contribution in [0.15, 0.2) is 11.8 Å². The van der Waals surface area contributed by atoms with Crippen LogP contribution >= 0.6 is 0 Å². The first-order chi connectivity index (χ1) is 8.27. The van der Waals surface area contributed by atoms with Gasteiger partial charge in [-0.25, -0.2) is 4.79 Å². The lowest BCUT2D eigenvalue weighted by Crippen LogP contribution is -2.38. The van der Waals surface area contributed by atoms with E-state index in [-0.39, 0.29) is 5.97 Å². The first kappa shape index (κ1) is 14.0. The van der Waals surface area contributed by atoms with Crippen LogP contribution in [-0.2, 0) is 19.0 Å². The Morgan fingerprint density at radius 2 is 2.00 bits per heavy atom. The van der Waals surface area contributed by atoms with E-state index in [1.807, 2.05) is 6.92 Å². The topological polar surface area (TPSA) is 48.0 Å². The molecule has 0 radical (unpaired) electrons. The first-order valence-electron chi connectivity index (χ1n) is 6.05. The molecular weight excluding hydrogens is 222 g/mol. The van der Waals surface area contributed by atoms with Crippen LogP contribution in [0.5, 0.6) is 0 Å². The average Bonchev–Trinajstić information content (AvgIpc) is 2.36. The van der Waals surface area contributed by atoms with Gasteiger partial charge in [-0.3, -0.25) is 4.90 Å². The lowest BCUT2D eigenvalue weighted by molar-refractivity contribution is -0.139. The Hall–Kier alpha value is -1.07. The molecule has 1 fully saturated rings. The molecule has 17 heavy (non-hydrogen) atoms. The summed E-state index contributed by atoms with van der Waals surface area (Å²) in [7, 11) is 0. The van der Waals surface area contributed by atoms with E-state index in [1.54, 1.807) is 6.92 Å². The molecule has 0 aromatic rings. The molecular formula is C12H21NO4. The van der Waals surface area contributed by atoms with Crippen molar-refractivity contribution in [2.24, 2.45) is 0 Å². The third kappa shape index (κ3) is 5.19. The minimum absolute atomic E-state index is 0.299. The minimum Gasteiger partial charge on any atom is -0.501 e. The summed E-state index contributed by atoms with van der Waals surface area (Å²) in [5.74, 6) is -0.299. The van der Waals surface area contributed by atoms with Gasteiger partial charge < -0.3 is 14.2 Å². The highest BCUT2D eigenvalue weighted by Gasteiger charge is 2.17. The predicted molar refractivity (Wildman–Crippen MR) is 63.6 cm³/mol. The van der Waals surface area contributed by atoms with Gasteiger partial charge in [0.15, 0.2) is 0 Å². The summed E-state index contributed by atoms with van der Waals surface area (Å²) in [4.78, 5) is 13.9. The van der Waals surface area contributed by atoms with Crippen molar-refractivity contribution in [2.75, 3.05) is 46.1 Å². The minimum atomic E-state index is -0.299. The van der Waals surface area contributed by atoms with Gasteiger partial charge in [0.25, 0.3) is 0 Å². The van der Waals surface area contributed by atoms with Crippen molar-refractivity contribution in [2.45, 2.75) is 13.8 Å². The molecule has 0 saturated carbocycles. The molecule has 0 aliphatic carbocycles. The number of carbonyl (C=O) groups excluding carboxylic acids is 1. The third-order valence-corrected chi connectivity index (χ3v) is 2.43. The van der Waals surface area contributed by atoms with Gasteiger partial charge in [-0.2, -0.15) is 0 Å². The van der Waals surface area contributed by atoms with E-state index >= 15 is 0 Å². The van der Waals surface area contributed by atoms with E-state index in [2.05, 4.69) is 4.90 Å². The lowest BCUT2D eigenvalue weighted by atomic mass is 10.2. The average molecular weight is 243 g/mol. The Morgan fingerprint density at radius 3 is 2.59 bits per heavy atom. The molecule has 0 spiro atoms. The van der Waals surface area contributed by atoms with Crippen molar-refractivity contribution in [1.82, 2.24) is 4.90 Å². The van der Waals surface area contributed by atoms with E-state index < -0.39 is 0 Å². The Labute approximate surface area is 102 Å². The van der Waals surface area contributed by atoms with Crippen LogP contribution in [0.3, 0.4) is 0 Å². The van der Waals surface area contributed by atoms with Gasteiger partial charge in [-0.1, -0.05) is 0 Å². The van der Waals surface area contributed by atoms with Crippen LogP contribution in [-0.4, -0.2) is 56.9 Å². The van der Waals surface area contributed by atoms with Gasteiger partial charge in [0.2, 0.25) is 0 Å². The second-order valence-corrected chi connectivity index (χ2v) is 3.71. The monoisotopic (exact) mass is 243 g/mol. The molecule has 5 nitrogen and oxygen atoms in total. The number of hydrogen-bond acceptors (Lipinski definition) is 5. The van der Waals surface area contributed by atoms with Crippen molar-refractivity contribution in [3.63, 3.8) is 0 Å². The molecule has 0 unspecified atom stereocenters. The highest BCUT2D eigenvalue weighted by atomic mass is 16.5. The summed E-state index contributed by atoms with van der Waals surface area (Å²) >= 11 is 0. The van der Waals surface area contributed by atoms with Crippen molar-refractivity contribution >= 4 is 5.97 Å². The zero-order valence-corrected chi connectivity index (χ0v) is 10.6. The van der Waals surface area contributed by atoms with Gasteiger partial charge in [0, 0.05) is 19.6 Å². The number of hydrogen-bond donors (Lipinski definition) is 0. The highest BCUT2D eigenvalue weighted by Crippen LogP contribution is 2.06. The number of carbonyl (C=O) groups is 1. The fraction of sp³-hybridized carbons (Fsp3) is 0.750. The van der Waals surface area contributed by atoms with Crippen LogP contribution in [0, 0.1) is 0 Å². The summed E-state index contributed by atoms with van der Waals surface area (Å²) in [6.07, 6.45) is 1.51. The Kier molecular flexibility index (Phi) is 6.65. The molecule has 1 heterocycles. The maximum absolute atomic E-state index is 11.7. The van der Waals surface area contributed by atoms with Crippen molar-refractivity contribution in [3.05, 3.63) is 11.8 Å². The molecule has 1 aliphatic rings. The SMILES string of the molecule is CCO/C=C(/CN1CCOCC1)C(=O)OCC. The molecule has 1 saturated heterocycles. The normalized spacial score (nSPS) is 17.9. The van der Waals surface area contributed by atoms with Gasteiger partial charge in [0.1, 0.15) is 0 Å². The largest absolute Gasteiger partial charge is 0.501 e. The van der Waals surface area contributed by atoms with Crippen molar-refractivity contribution in [3.8, 4) is 0 Å². The lowest BCUT2D eigenvalue weighted by Gasteiger charge is -2.26. The smallest absolute Gasteiger partial charge is 0.338 e. The first-order valence-corrected chi connectivity index (χ1v) is 6.05. The predicted octanol–water partition coefficient (Wildman–Crippen LogP) is 0.802. The molecule has 0 aromatic heterocycles. The standard InChI is InChI=1S/C12H21NO4/c1-3-15-10-11(12(14)17-4-2)9-13-5-7-16-8-6-13/h10H,3-9H2,1-2H3/b11-10-. The molecule has 1 aliphatic heterocycles. The molecule has 1 rings (SSSR count). The number of esters is 1. The maximum atomic E-state index is 11.7. The van der Waals surface area contributed by atoms with E-state index in [9.17, 15) is 4.79 Å². The second-order valence-electron chi connectivity index (χ2n) is 3.71. The zero-order valence-electron chi connectivity index (χ0n) is 10.6. The summed E-state index contributed by atoms with van der Waals surface area (Å²) in [5.41, 5.74) is 0.565. The van der Waals surface area contributed by atoms with E-state index in [0.717, 1.165) is 13.1 Å². The zero-order chi connectivity index (χ0) is 12.5. The quantitative estimate of drug-likeness (QED) is 0.392. The van der Waals surface area contributed by atoms with E-state index in [0.29, 0.717) is 38.5 Å². The Bertz CT molecular complexity index is 259. The Balaban J connectivity index is 2.52. The van der Waals surface area contributed by atoms with Crippen LogP contribution in [0.25, 0.3) is 0 Å². The summed E-state index contributed by atoms with van der Waals surface area (Å²) in [5, 5.41) is 0. The van der Waals surface area contributed by atoms with Gasteiger partial charge in [-0.15, -0.1) is 0 Å². The second kappa shape index (κ2) is 8.08. The summed E-state index contributed by atoms with van der Waals surface area (Å²) < 4.78 is 15.4. The summed E-state index contributed by atoms with van der Waals surface area (Å²) in [6.45, 7) is 8.26. The summed E-state index contributed by atoms with van der Waals surface area (Å²) in [6, 6.07) is 0. The van der Waals surface area contributed by atoms with E-state index in [4.69, 9.17) is 14.2 Å². The molecule has 0 atom stereocenters. The molecule has 5 heteroatoms. The van der Waals surface area contributed by atoms with E-state index in [1.165, 1.54) is 6.26 Å². The Morgan fingerprint density at radius 1 is 1.29 bits per heavy atom. The van der Waals surface area contributed by atoms with Gasteiger partial charge in [0.05, 0.1) is 38.3 Å². The molecule has 98 valence electrons. The molecule has 0 aromatic carbocycles. The fourth-order valence-electron chi connectivity index (χ4n) is 1.56. The van der Waals surface area contributed by atoms with Crippen LogP contribution in [0.2, 0.25) is 0 Å². The van der Waals surface area contributed by atoms with Crippen LogP contribution < -0.4 is 0 Å².